The number of carbonyl (C=O) groups is 1. The maximum Gasteiger partial charge on any atom is 0.264 e. The van der Waals surface area contributed by atoms with Crippen LogP contribution < -0.4 is 4.31 Å². The van der Waals surface area contributed by atoms with E-state index in [2.05, 4.69) is 6.58 Å². The van der Waals surface area contributed by atoms with E-state index in [1.165, 1.54) is 48.4 Å². The van der Waals surface area contributed by atoms with Crippen molar-refractivity contribution in [3.8, 4) is 0 Å². The topological polar surface area (TPSA) is 57.7 Å². The van der Waals surface area contributed by atoms with Gasteiger partial charge in [0, 0.05) is 24.7 Å². The highest BCUT2D eigenvalue weighted by Crippen LogP contribution is 2.30. The van der Waals surface area contributed by atoms with Gasteiger partial charge in [-0.1, -0.05) is 54.1 Å². The number of rotatable bonds is 8. The molecule has 0 aliphatic heterocycles. The van der Waals surface area contributed by atoms with Crippen molar-refractivity contribution in [2.24, 2.45) is 0 Å². The summed E-state index contributed by atoms with van der Waals surface area (Å²) in [6, 6.07) is 18.5. The second kappa shape index (κ2) is 9.97. The molecule has 0 unspecified atom stereocenters. The molecule has 1 amide bonds. The quantitative estimate of drug-likeness (QED) is 0.427. The molecule has 8 heteroatoms. The number of amides is 1. The number of benzene rings is 3. The highest BCUT2D eigenvalue weighted by Gasteiger charge is 2.27. The minimum Gasteiger partial charge on any atom is -0.337 e. The highest BCUT2D eigenvalue weighted by atomic mass is 35.5. The molecule has 0 N–H and O–H groups in total. The first-order valence-corrected chi connectivity index (χ1v) is 11.5. The van der Waals surface area contributed by atoms with Gasteiger partial charge in [-0.05, 0) is 36.4 Å². The van der Waals surface area contributed by atoms with E-state index >= 15 is 0 Å². The Labute approximate surface area is 192 Å². The predicted octanol–water partition coefficient (Wildman–Crippen LogP) is 5.13. The van der Waals surface area contributed by atoms with E-state index in [1.807, 2.05) is 0 Å². The Hall–Kier alpha value is -3.16. The summed E-state index contributed by atoms with van der Waals surface area (Å²) in [5, 5.41) is 0.273. The van der Waals surface area contributed by atoms with Crippen molar-refractivity contribution in [2.75, 3.05) is 17.9 Å². The second-order valence-electron chi connectivity index (χ2n) is 7.06. The Bertz CT molecular complexity index is 1250. The number of carbonyl (C=O) groups excluding carboxylic acids is 1. The van der Waals surface area contributed by atoms with Crippen molar-refractivity contribution in [2.45, 2.75) is 11.4 Å². The van der Waals surface area contributed by atoms with Crippen LogP contribution >= 0.6 is 11.6 Å². The van der Waals surface area contributed by atoms with Gasteiger partial charge in [0.25, 0.3) is 15.9 Å². The molecule has 0 heterocycles. The molecular formula is C24H22ClFN2O3S. The number of anilines is 1. The maximum atomic E-state index is 13.9. The highest BCUT2D eigenvalue weighted by molar-refractivity contribution is 7.92. The molecule has 0 saturated heterocycles. The largest absolute Gasteiger partial charge is 0.337 e. The summed E-state index contributed by atoms with van der Waals surface area (Å²) in [4.78, 5) is 14.2. The summed E-state index contributed by atoms with van der Waals surface area (Å²) in [6.07, 6.45) is 1.46. The third-order valence-electron chi connectivity index (χ3n) is 4.80. The smallest absolute Gasteiger partial charge is 0.264 e. The van der Waals surface area contributed by atoms with Gasteiger partial charge in [-0.2, -0.15) is 0 Å². The lowest BCUT2D eigenvalue weighted by Crippen LogP contribution is -2.32. The lowest BCUT2D eigenvalue weighted by Gasteiger charge is -2.24. The van der Waals surface area contributed by atoms with E-state index in [0.29, 0.717) is 11.3 Å². The van der Waals surface area contributed by atoms with Gasteiger partial charge >= 0.3 is 0 Å². The van der Waals surface area contributed by atoms with Crippen molar-refractivity contribution in [3.63, 3.8) is 0 Å². The fraction of sp³-hybridized carbons (Fsp3) is 0.125. The van der Waals surface area contributed by atoms with E-state index in [1.54, 1.807) is 42.5 Å². The average molecular weight is 473 g/mol. The van der Waals surface area contributed by atoms with Gasteiger partial charge in [-0.15, -0.1) is 6.58 Å². The van der Waals surface area contributed by atoms with Crippen molar-refractivity contribution in [1.82, 2.24) is 4.90 Å². The van der Waals surface area contributed by atoms with Crippen molar-refractivity contribution in [1.29, 1.82) is 0 Å². The molecule has 0 saturated carbocycles. The Morgan fingerprint density at radius 2 is 1.75 bits per heavy atom. The van der Waals surface area contributed by atoms with Crippen LogP contribution in [0.15, 0.2) is 90.3 Å². The zero-order valence-corrected chi connectivity index (χ0v) is 19.0. The van der Waals surface area contributed by atoms with Crippen LogP contribution in [0.4, 0.5) is 10.1 Å². The normalized spacial score (nSPS) is 11.1. The Morgan fingerprint density at radius 3 is 2.44 bits per heavy atom. The molecule has 166 valence electrons. The Morgan fingerprint density at radius 1 is 1.06 bits per heavy atom. The van der Waals surface area contributed by atoms with Crippen molar-refractivity contribution in [3.05, 3.63) is 107 Å². The summed E-state index contributed by atoms with van der Waals surface area (Å²) in [5.41, 5.74) is 0.841. The molecule has 0 atom stereocenters. The van der Waals surface area contributed by atoms with Gasteiger partial charge in [0.2, 0.25) is 0 Å². The standard InChI is InChI=1S/C24H22ClFN2O3S/c1-3-15-28(23-14-7-5-12-21(23)25)32(30,31)20-11-8-10-18(16-20)24(29)27(2)17-19-9-4-6-13-22(19)26/h3-14,16H,1,15,17H2,2H3. The number of halogens is 2. The SMILES string of the molecule is C=CCN(c1ccccc1Cl)S(=O)(=O)c1cccc(C(=O)N(C)Cc2ccccc2F)c1. The summed E-state index contributed by atoms with van der Waals surface area (Å²) in [7, 11) is -2.51. The maximum absolute atomic E-state index is 13.9. The van der Waals surface area contributed by atoms with Gasteiger partial charge in [0.1, 0.15) is 5.82 Å². The zero-order chi connectivity index (χ0) is 23.3. The Kier molecular flexibility index (Phi) is 7.33. The number of sulfonamides is 1. The molecule has 3 rings (SSSR count). The van der Waals surface area contributed by atoms with Crippen LogP contribution in [0.5, 0.6) is 0 Å². The third kappa shape index (κ3) is 5.00. The molecule has 5 nitrogen and oxygen atoms in total. The Balaban J connectivity index is 1.93. The summed E-state index contributed by atoms with van der Waals surface area (Å²) >= 11 is 6.23. The molecular weight excluding hydrogens is 451 g/mol. The van der Waals surface area contributed by atoms with E-state index in [0.717, 1.165) is 4.31 Å². The number of hydrogen-bond donors (Lipinski definition) is 0. The van der Waals surface area contributed by atoms with Crippen LogP contribution in [0.1, 0.15) is 15.9 Å². The molecule has 0 bridgehead atoms. The van der Waals surface area contributed by atoms with E-state index in [-0.39, 0.29) is 28.6 Å². The molecule has 32 heavy (non-hydrogen) atoms. The van der Waals surface area contributed by atoms with Gasteiger partial charge in [0.05, 0.1) is 22.2 Å². The van der Waals surface area contributed by atoms with Crippen LogP contribution in [-0.4, -0.2) is 32.8 Å². The molecule has 0 spiro atoms. The summed E-state index contributed by atoms with van der Waals surface area (Å²) < 4.78 is 41.9. The third-order valence-corrected chi connectivity index (χ3v) is 6.89. The van der Waals surface area contributed by atoms with E-state index in [9.17, 15) is 17.6 Å². The van der Waals surface area contributed by atoms with E-state index in [4.69, 9.17) is 11.6 Å². The second-order valence-corrected chi connectivity index (χ2v) is 9.33. The van der Waals surface area contributed by atoms with Crippen LogP contribution in [0, 0.1) is 5.82 Å². The lowest BCUT2D eigenvalue weighted by molar-refractivity contribution is 0.0783. The van der Waals surface area contributed by atoms with Crippen LogP contribution in [0.3, 0.4) is 0 Å². The lowest BCUT2D eigenvalue weighted by atomic mass is 10.1. The summed E-state index contributed by atoms with van der Waals surface area (Å²) in [6.45, 7) is 3.68. The fourth-order valence-corrected chi connectivity index (χ4v) is 4.98. The first-order valence-electron chi connectivity index (χ1n) is 9.73. The number of para-hydroxylation sites is 1. The minimum atomic E-state index is -4.04. The monoisotopic (exact) mass is 472 g/mol. The first kappa shape index (κ1) is 23.5. The number of hydrogen-bond acceptors (Lipinski definition) is 3. The van der Waals surface area contributed by atoms with Gasteiger partial charge < -0.3 is 4.90 Å². The van der Waals surface area contributed by atoms with Gasteiger partial charge in [-0.3, -0.25) is 9.10 Å². The average Bonchev–Trinajstić information content (AvgIpc) is 2.79. The van der Waals surface area contributed by atoms with Crippen molar-refractivity contribution < 1.29 is 17.6 Å². The molecule has 0 radical (unpaired) electrons. The minimum absolute atomic E-state index is 0.00255. The molecule has 3 aromatic carbocycles. The van der Waals surface area contributed by atoms with Crippen LogP contribution in [0.2, 0.25) is 5.02 Å². The van der Waals surface area contributed by atoms with E-state index < -0.39 is 21.7 Å². The number of nitrogens with zero attached hydrogens (tertiary/aromatic N) is 2. The summed E-state index contributed by atoms with van der Waals surface area (Å²) in [5.74, 6) is -0.846. The first-order chi connectivity index (χ1) is 15.3. The molecule has 3 aromatic rings. The van der Waals surface area contributed by atoms with Gasteiger partial charge in [0.15, 0.2) is 0 Å². The van der Waals surface area contributed by atoms with Crippen LogP contribution in [0.25, 0.3) is 0 Å². The predicted molar refractivity (Wildman–Crippen MR) is 125 cm³/mol. The van der Waals surface area contributed by atoms with Crippen molar-refractivity contribution >= 4 is 33.2 Å². The zero-order valence-electron chi connectivity index (χ0n) is 17.4. The molecule has 0 aromatic heterocycles. The van der Waals surface area contributed by atoms with Gasteiger partial charge in [-0.25, -0.2) is 12.8 Å². The fourth-order valence-electron chi connectivity index (χ4n) is 3.19. The molecule has 0 aliphatic rings. The van der Waals surface area contributed by atoms with Crippen LogP contribution in [-0.2, 0) is 16.6 Å². The molecule has 0 aliphatic carbocycles. The molecule has 0 fully saturated rings.